The molecule has 4 N–H and O–H groups in total. The summed E-state index contributed by atoms with van der Waals surface area (Å²) in [6.07, 6.45) is 4.60. The van der Waals surface area contributed by atoms with E-state index in [0.29, 0.717) is 19.5 Å². The first-order valence-electron chi connectivity index (χ1n) is 5.69. The van der Waals surface area contributed by atoms with Gasteiger partial charge in [-0.05, 0) is 42.5 Å². The van der Waals surface area contributed by atoms with Crippen molar-refractivity contribution in [2.75, 3.05) is 13.1 Å². The van der Waals surface area contributed by atoms with Gasteiger partial charge in [0.05, 0.1) is 12.5 Å². The Hall–Kier alpha value is -1.98. The smallest absolute Gasteiger partial charge is 0.256 e. The van der Waals surface area contributed by atoms with E-state index in [1.807, 2.05) is 18.2 Å². The third-order valence-corrected chi connectivity index (χ3v) is 2.42. The Morgan fingerprint density at radius 3 is 2.50 bits per heavy atom. The number of nitrogens with zero attached hydrogens (tertiary/aromatic N) is 3. The number of aliphatic hydroxyl groups is 2. The summed E-state index contributed by atoms with van der Waals surface area (Å²) in [5.41, 5.74) is 5.48. The fourth-order valence-corrected chi connectivity index (χ4v) is 1.48. The van der Waals surface area contributed by atoms with Gasteiger partial charge in [-0.1, -0.05) is 6.07 Å². The molecular weight excluding hydrogens is 296 g/mol. The molecule has 0 spiro atoms. The van der Waals surface area contributed by atoms with E-state index in [-0.39, 0.29) is 5.17 Å². The van der Waals surface area contributed by atoms with Crippen LogP contribution in [0.3, 0.4) is 0 Å². The Bertz CT molecular complexity index is 458. The maximum absolute atomic E-state index is 9.25. The number of rotatable bonds is 5. The van der Waals surface area contributed by atoms with Gasteiger partial charge in [0.2, 0.25) is 0 Å². The molecular formula is C12H16N4O2S2. The van der Waals surface area contributed by atoms with Crippen molar-refractivity contribution in [3.8, 4) is 6.07 Å². The Morgan fingerprint density at radius 2 is 2.05 bits per heavy atom. The lowest BCUT2D eigenvalue weighted by Gasteiger charge is -2.19. The van der Waals surface area contributed by atoms with Gasteiger partial charge in [-0.2, -0.15) is 5.26 Å². The van der Waals surface area contributed by atoms with Crippen LogP contribution in [0.5, 0.6) is 0 Å². The number of aromatic nitrogens is 1. The molecule has 1 aromatic heterocycles. The topological polar surface area (TPSA) is 106 Å². The second kappa shape index (κ2) is 10.9. The quantitative estimate of drug-likeness (QED) is 0.702. The summed E-state index contributed by atoms with van der Waals surface area (Å²) in [7, 11) is 0. The van der Waals surface area contributed by atoms with Gasteiger partial charge >= 0.3 is 0 Å². The minimum Gasteiger partial charge on any atom is -0.487 e. The molecule has 8 heteroatoms. The van der Waals surface area contributed by atoms with E-state index in [1.165, 1.54) is 0 Å². The zero-order chi connectivity index (χ0) is 15.4. The minimum atomic E-state index is -0.500. The van der Waals surface area contributed by atoms with Crippen molar-refractivity contribution in [1.82, 2.24) is 9.88 Å². The lowest BCUT2D eigenvalue weighted by Crippen LogP contribution is -2.32. The number of hydrogen-bond acceptors (Lipinski definition) is 4. The summed E-state index contributed by atoms with van der Waals surface area (Å²) < 4.78 is 0. The van der Waals surface area contributed by atoms with Crippen LogP contribution < -0.4 is 5.73 Å². The molecule has 0 aliphatic heterocycles. The zero-order valence-corrected chi connectivity index (χ0v) is 12.4. The van der Waals surface area contributed by atoms with E-state index in [4.69, 9.17) is 22.6 Å². The molecule has 0 bridgehead atoms. The average Bonchev–Trinajstić information content (AvgIpc) is 2.39. The lowest BCUT2D eigenvalue weighted by molar-refractivity contribution is 0.352. The fourth-order valence-electron chi connectivity index (χ4n) is 1.30. The van der Waals surface area contributed by atoms with Crippen LogP contribution in [0.25, 0.3) is 0 Å². The van der Waals surface area contributed by atoms with E-state index in [1.54, 1.807) is 17.3 Å². The van der Waals surface area contributed by atoms with E-state index in [9.17, 15) is 5.11 Å². The van der Waals surface area contributed by atoms with Crippen molar-refractivity contribution in [1.29, 1.82) is 5.26 Å². The number of nitriles is 1. The van der Waals surface area contributed by atoms with Crippen LogP contribution >= 0.6 is 24.4 Å². The van der Waals surface area contributed by atoms with Gasteiger partial charge in [0.25, 0.3) is 10.3 Å². The van der Waals surface area contributed by atoms with Crippen molar-refractivity contribution in [2.24, 2.45) is 5.73 Å². The largest absolute Gasteiger partial charge is 0.487 e. The molecule has 1 heterocycles. The lowest BCUT2D eigenvalue weighted by atomic mass is 10.2. The molecule has 0 aliphatic carbocycles. The summed E-state index contributed by atoms with van der Waals surface area (Å²) in [6.45, 7) is 1.06. The number of pyridine rings is 1. The molecule has 0 saturated carbocycles. The molecule has 0 atom stereocenters. The molecule has 108 valence electrons. The van der Waals surface area contributed by atoms with Crippen LogP contribution in [0.15, 0.2) is 24.5 Å². The van der Waals surface area contributed by atoms with Crippen LogP contribution in [-0.2, 0) is 6.42 Å². The SMILES string of the molecule is N#CCCN(CCc1cccnc1)C(O)=S.NC(O)=S. The van der Waals surface area contributed by atoms with Crippen molar-refractivity contribution >= 4 is 34.8 Å². The summed E-state index contributed by atoms with van der Waals surface area (Å²) in [6, 6.07) is 5.86. The highest BCUT2D eigenvalue weighted by Gasteiger charge is 2.07. The van der Waals surface area contributed by atoms with Gasteiger partial charge in [-0.25, -0.2) is 0 Å². The fraction of sp³-hybridized carbons (Fsp3) is 0.333. The Kier molecular flexibility index (Phi) is 9.82. The Balaban J connectivity index is 0.000000796. The molecule has 1 rings (SSSR count). The van der Waals surface area contributed by atoms with E-state index >= 15 is 0 Å². The third-order valence-electron chi connectivity index (χ3n) is 2.16. The molecule has 0 aliphatic rings. The van der Waals surface area contributed by atoms with Gasteiger partial charge in [-0.3, -0.25) is 4.98 Å². The van der Waals surface area contributed by atoms with Crippen molar-refractivity contribution in [3.63, 3.8) is 0 Å². The molecule has 0 aromatic carbocycles. The molecule has 0 saturated heterocycles. The van der Waals surface area contributed by atoms with Crippen molar-refractivity contribution in [2.45, 2.75) is 12.8 Å². The molecule has 0 fully saturated rings. The van der Waals surface area contributed by atoms with Crippen LogP contribution in [-0.4, -0.2) is 43.5 Å². The Labute approximate surface area is 128 Å². The predicted octanol–water partition coefficient (Wildman–Crippen LogP) is 1.47. The first-order chi connectivity index (χ1) is 9.47. The van der Waals surface area contributed by atoms with Gasteiger partial charge < -0.3 is 20.8 Å². The molecule has 6 nitrogen and oxygen atoms in total. The van der Waals surface area contributed by atoms with Crippen LogP contribution in [0.1, 0.15) is 12.0 Å². The Morgan fingerprint density at radius 1 is 1.40 bits per heavy atom. The molecule has 1 aromatic rings. The predicted molar refractivity (Wildman–Crippen MR) is 84.4 cm³/mol. The van der Waals surface area contributed by atoms with Crippen LogP contribution in [0.2, 0.25) is 0 Å². The monoisotopic (exact) mass is 312 g/mol. The molecule has 20 heavy (non-hydrogen) atoms. The highest BCUT2D eigenvalue weighted by Crippen LogP contribution is 2.01. The van der Waals surface area contributed by atoms with Crippen molar-refractivity contribution in [3.05, 3.63) is 30.1 Å². The van der Waals surface area contributed by atoms with Crippen LogP contribution in [0.4, 0.5) is 0 Å². The average molecular weight is 312 g/mol. The van der Waals surface area contributed by atoms with Crippen LogP contribution in [0, 0.1) is 11.3 Å². The highest BCUT2D eigenvalue weighted by atomic mass is 32.1. The first-order valence-corrected chi connectivity index (χ1v) is 6.51. The molecule has 0 amide bonds. The summed E-state index contributed by atoms with van der Waals surface area (Å²) in [5, 5.41) is 24.6. The standard InChI is InChI=1S/C11H13N3OS.CH3NOS/c12-5-2-7-14(11(15)16)8-4-10-3-1-6-13-9-10;2-1(3)4/h1,3,6,9H,2,4,7-8H2,(H,15,16);(H3,2,3,4). The number of hydrogen-bond donors (Lipinski definition) is 3. The summed E-state index contributed by atoms with van der Waals surface area (Å²) >= 11 is 8.57. The van der Waals surface area contributed by atoms with E-state index in [0.717, 1.165) is 12.0 Å². The minimum absolute atomic E-state index is 0.154. The molecule has 0 radical (unpaired) electrons. The second-order valence-corrected chi connectivity index (χ2v) is 4.41. The van der Waals surface area contributed by atoms with Gasteiger partial charge in [-0.15, -0.1) is 0 Å². The highest BCUT2D eigenvalue weighted by molar-refractivity contribution is 7.80. The van der Waals surface area contributed by atoms with Gasteiger partial charge in [0.1, 0.15) is 0 Å². The normalized spacial score (nSPS) is 8.75. The van der Waals surface area contributed by atoms with E-state index < -0.39 is 5.17 Å². The van der Waals surface area contributed by atoms with Gasteiger partial charge in [0.15, 0.2) is 0 Å². The van der Waals surface area contributed by atoms with E-state index in [2.05, 4.69) is 22.9 Å². The first kappa shape index (κ1) is 18.0. The maximum atomic E-state index is 9.25. The number of aliphatic hydroxyl groups excluding tert-OH is 2. The summed E-state index contributed by atoms with van der Waals surface area (Å²) in [5.74, 6) is 0. The number of thiocarbonyl (C=S) groups is 2. The zero-order valence-electron chi connectivity index (χ0n) is 10.8. The van der Waals surface area contributed by atoms with Crippen molar-refractivity contribution < 1.29 is 10.2 Å². The third kappa shape index (κ3) is 9.99. The molecule has 0 unspecified atom stereocenters. The summed E-state index contributed by atoms with van der Waals surface area (Å²) in [4.78, 5) is 5.62. The second-order valence-electron chi connectivity index (χ2n) is 3.63. The number of nitrogens with two attached hydrogens (primary N) is 1. The van der Waals surface area contributed by atoms with Gasteiger partial charge in [0, 0.05) is 25.5 Å². The maximum Gasteiger partial charge on any atom is 0.256 e.